The van der Waals surface area contributed by atoms with Gasteiger partial charge in [-0.3, -0.25) is 14.5 Å². The van der Waals surface area contributed by atoms with Crippen molar-refractivity contribution < 1.29 is 18.8 Å². The SMILES string of the molecule is C=CCNC(=O)CN1C(=O)NC(C)(c2cc3ccccc3o2)C1=O. The number of para-hydroxylation sites is 1. The van der Waals surface area contributed by atoms with E-state index in [1.807, 2.05) is 18.2 Å². The van der Waals surface area contributed by atoms with E-state index in [1.54, 1.807) is 19.1 Å². The predicted molar refractivity (Wildman–Crippen MR) is 87.0 cm³/mol. The molecule has 1 aliphatic heterocycles. The van der Waals surface area contributed by atoms with E-state index in [1.165, 1.54) is 6.08 Å². The largest absolute Gasteiger partial charge is 0.458 e. The highest BCUT2D eigenvalue weighted by Crippen LogP contribution is 2.32. The van der Waals surface area contributed by atoms with E-state index < -0.39 is 23.4 Å². The van der Waals surface area contributed by atoms with Crippen molar-refractivity contribution in [2.75, 3.05) is 13.1 Å². The zero-order chi connectivity index (χ0) is 17.3. The number of nitrogens with zero attached hydrogens (tertiary/aromatic N) is 1. The van der Waals surface area contributed by atoms with Gasteiger partial charge in [-0.05, 0) is 19.1 Å². The van der Waals surface area contributed by atoms with Gasteiger partial charge >= 0.3 is 6.03 Å². The number of amides is 4. The number of urea groups is 1. The van der Waals surface area contributed by atoms with Gasteiger partial charge in [0, 0.05) is 11.9 Å². The lowest BCUT2D eigenvalue weighted by Crippen LogP contribution is -2.43. The molecule has 2 aromatic rings. The first-order valence-corrected chi connectivity index (χ1v) is 7.46. The third-order valence-electron chi connectivity index (χ3n) is 3.94. The van der Waals surface area contributed by atoms with E-state index in [4.69, 9.17) is 4.42 Å². The summed E-state index contributed by atoms with van der Waals surface area (Å²) < 4.78 is 5.72. The Hall–Kier alpha value is -3.09. The Morgan fingerprint density at radius 2 is 2.17 bits per heavy atom. The molecule has 2 N–H and O–H groups in total. The molecule has 0 bridgehead atoms. The van der Waals surface area contributed by atoms with E-state index in [0.717, 1.165) is 10.3 Å². The van der Waals surface area contributed by atoms with E-state index in [-0.39, 0.29) is 13.1 Å². The van der Waals surface area contributed by atoms with Crippen LogP contribution in [0.25, 0.3) is 11.0 Å². The molecular weight excluding hydrogens is 310 g/mol. The highest BCUT2D eigenvalue weighted by Gasteiger charge is 2.51. The second-order valence-electron chi connectivity index (χ2n) is 5.69. The number of carbonyl (C=O) groups excluding carboxylic acids is 3. The zero-order valence-electron chi connectivity index (χ0n) is 13.2. The minimum absolute atomic E-state index is 0.267. The average Bonchev–Trinajstić information content (AvgIpc) is 3.09. The number of hydrogen-bond donors (Lipinski definition) is 2. The predicted octanol–water partition coefficient (Wildman–Crippen LogP) is 1.50. The molecule has 2 heterocycles. The summed E-state index contributed by atoms with van der Waals surface area (Å²) in [5.74, 6) is -0.636. The molecule has 0 spiro atoms. The van der Waals surface area contributed by atoms with Crippen molar-refractivity contribution in [3.8, 4) is 0 Å². The molecule has 4 amide bonds. The van der Waals surface area contributed by atoms with E-state index in [0.29, 0.717) is 11.3 Å². The van der Waals surface area contributed by atoms with Crippen molar-refractivity contribution in [1.82, 2.24) is 15.5 Å². The quantitative estimate of drug-likeness (QED) is 0.643. The van der Waals surface area contributed by atoms with Crippen LogP contribution in [0.2, 0.25) is 0 Å². The number of hydrogen-bond acceptors (Lipinski definition) is 4. The van der Waals surface area contributed by atoms with Crippen LogP contribution in [0.1, 0.15) is 12.7 Å². The first kappa shape index (κ1) is 15.8. The summed E-state index contributed by atoms with van der Waals surface area (Å²) >= 11 is 0. The summed E-state index contributed by atoms with van der Waals surface area (Å²) in [4.78, 5) is 37.5. The molecule has 1 saturated heterocycles. The fourth-order valence-electron chi connectivity index (χ4n) is 2.62. The lowest BCUT2D eigenvalue weighted by atomic mass is 9.99. The number of fused-ring (bicyclic) bond motifs is 1. The fourth-order valence-corrected chi connectivity index (χ4v) is 2.62. The minimum atomic E-state index is -1.34. The van der Waals surface area contributed by atoms with Gasteiger partial charge in [0.25, 0.3) is 5.91 Å². The highest BCUT2D eigenvalue weighted by molar-refractivity contribution is 6.09. The van der Waals surface area contributed by atoms with E-state index >= 15 is 0 Å². The Kier molecular flexibility index (Phi) is 3.84. The Balaban J connectivity index is 1.86. The maximum atomic E-state index is 12.7. The molecule has 1 atom stereocenters. The van der Waals surface area contributed by atoms with Gasteiger partial charge in [-0.15, -0.1) is 6.58 Å². The normalized spacial score (nSPS) is 20.3. The number of nitrogens with one attached hydrogen (secondary N) is 2. The van der Waals surface area contributed by atoms with Crippen LogP contribution >= 0.6 is 0 Å². The molecule has 1 aromatic heterocycles. The third-order valence-corrected chi connectivity index (χ3v) is 3.94. The highest BCUT2D eigenvalue weighted by atomic mass is 16.3. The monoisotopic (exact) mass is 327 g/mol. The Bertz CT molecular complexity index is 808. The first-order valence-electron chi connectivity index (χ1n) is 7.46. The van der Waals surface area contributed by atoms with Crippen LogP contribution in [0.4, 0.5) is 4.79 Å². The van der Waals surface area contributed by atoms with Gasteiger partial charge < -0.3 is 15.1 Å². The van der Waals surface area contributed by atoms with Crippen LogP contribution in [0.15, 0.2) is 47.4 Å². The van der Waals surface area contributed by atoms with Crippen LogP contribution in [0.5, 0.6) is 0 Å². The Labute approximate surface area is 138 Å². The Morgan fingerprint density at radius 3 is 2.88 bits per heavy atom. The van der Waals surface area contributed by atoms with Gasteiger partial charge in [-0.1, -0.05) is 24.3 Å². The summed E-state index contributed by atoms with van der Waals surface area (Å²) in [6.07, 6.45) is 1.52. The number of carbonyl (C=O) groups is 3. The molecule has 0 saturated carbocycles. The van der Waals surface area contributed by atoms with Crippen molar-refractivity contribution in [2.45, 2.75) is 12.5 Å². The maximum Gasteiger partial charge on any atom is 0.325 e. The van der Waals surface area contributed by atoms with Gasteiger partial charge in [-0.2, -0.15) is 0 Å². The summed E-state index contributed by atoms with van der Waals surface area (Å²) in [6.45, 7) is 4.97. The van der Waals surface area contributed by atoms with E-state index in [9.17, 15) is 14.4 Å². The Morgan fingerprint density at radius 1 is 1.42 bits per heavy atom. The standard InChI is InChI=1S/C17H17N3O4/c1-3-8-18-14(21)10-20-15(22)17(2,19-16(20)23)13-9-11-6-4-5-7-12(11)24-13/h3-7,9H,1,8,10H2,2H3,(H,18,21)(H,19,23). The van der Waals surface area contributed by atoms with Gasteiger partial charge in [0.2, 0.25) is 5.91 Å². The molecular formula is C17H17N3O4. The van der Waals surface area contributed by atoms with Gasteiger partial charge in [0.1, 0.15) is 17.9 Å². The molecule has 7 nitrogen and oxygen atoms in total. The minimum Gasteiger partial charge on any atom is -0.458 e. The fraction of sp³-hybridized carbons (Fsp3) is 0.235. The lowest BCUT2D eigenvalue weighted by Gasteiger charge is -2.18. The van der Waals surface area contributed by atoms with Crippen molar-refractivity contribution in [2.24, 2.45) is 0 Å². The second kappa shape index (κ2) is 5.84. The number of imide groups is 1. The molecule has 0 aliphatic carbocycles. The molecule has 1 aliphatic rings. The van der Waals surface area contributed by atoms with Gasteiger partial charge in [-0.25, -0.2) is 4.79 Å². The lowest BCUT2D eigenvalue weighted by molar-refractivity contribution is -0.135. The average molecular weight is 327 g/mol. The van der Waals surface area contributed by atoms with Gasteiger partial charge in [0.15, 0.2) is 5.54 Å². The zero-order valence-corrected chi connectivity index (χ0v) is 13.2. The van der Waals surface area contributed by atoms with Crippen molar-refractivity contribution in [1.29, 1.82) is 0 Å². The maximum absolute atomic E-state index is 12.7. The summed E-state index contributed by atoms with van der Waals surface area (Å²) in [5.41, 5.74) is -0.715. The summed E-state index contributed by atoms with van der Waals surface area (Å²) in [7, 11) is 0. The van der Waals surface area contributed by atoms with Crippen LogP contribution in [0, 0.1) is 0 Å². The second-order valence-corrected chi connectivity index (χ2v) is 5.69. The van der Waals surface area contributed by atoms with Crippen LogP contribution in [-0.4, -0.2) is 35.8 Å². The summed E-state index contributed by atoms with van der Waals surface area (Å²) in [6, 6.07) is 8.40. The smallest absolute Gasteiger partial charge is 0.325 e. The molecule has 24 heavy (non-hydrogen) atoms. The third kappa shape index (κ3) is 2.54. The molecule has 1 aromatic carbocycles. The van der Waals surface area contributed by atoms with Gasteiger partial charge in [0.05, 0.1) is 0 Å². The van der Waals surface area contributed by atoms with Crippen LogP contribution in [-0.2, 0) is 15.1 Å². The summed E-state index contributed by atoms with van der Waals surface area (Å²) in [5, 5.41) is 5.98. The van der Waals surface area contributed by atoms with Crippen LogP contribution < -0.4 is 10.6 Å². The molecule has 1 fully saturated rings. The topological polar surface area (TPSA) is 91.7 Å². The first-order chi connectivity index (χ1) is 11.5. The van der Waals surface area contributed by atoms with Crippen molar-refractivity contribution >= 4 is 28.8 Å². The molecule has 0 radical (unpaired) electrons. The van der Waals surface area contributed by atoms with Crippen molar-refractivity contribution in [3.63, 3.8) is 0 Å². The van der Waals surface area contributed by atoms with Crippen molar-refractivity contribution in [3.05, 3.63) is 48.7 Å². The number of benzene rings is 1. The van der Waals surface area contributed by atoms with Crippen LogP contribution in [0.3, 0.4) is 0 Å². The van der Waals surface area contributed by atoms with E-state index in [2.05, 4.69) is 17.2 Å². The molecule has 3 rings (SSSR count). The molecule has 7 heteroatoms. The number of rotatable bonds is 5. The molecule has 1 unspecified atom stereocenters. The molecule has 124 valence electrons. The number of furan rings is 1.